The number of nitrogens with two attached hydrogens (primary N) is 1. The van der Waals surface area contributed by atoms with Crippen LogP contribution in [0.15, 0.2) is 4.52 Å². The van der Waals surface area contributed by atoms with Crippen LogP contribution in [0.1, 0.15) is 82.3 Å². The molecule has 0 aromatic carbocycles. The lowest BCUT2D eigenvalue weighted by Crippen LogP contribution is -2.33. The SMILES string of the molecule is CCC1CCC(c2noc(C3(N)CCCC3)n2)CC1. The van der Waals surface area contributed by atoms with E-state index in [1.54, 1.807) is 0 Å². The van der Waals surface area contributed by atoms with Gasteiger partial charge in [0.25, 0.3) is 0 Å². The van der Waals surface area contributed by atoms with Crippen LogP contribution in [0.3, 0.4) is 0 Å². The second-order valence-electron chi connectivity index (χ2n) is 6.45. The van der Waals surface area contributed by atoms with E-state index in [0.717, 1.165) is 24.6 Å². The summed E-state index contributed by atoms with van der Waals surface area (Å²) in [7, 11) is 0. The molecule has 2 N–H and O–H groups in total. The van der Waals surface area contributed by atoms with E-state index >= 15 is 0 Å². The van der Waals surface area contributed by atoms with Crippen LogP contribution < -0.4 is 5.73 Å². The zero-order chi connectivity index (χ0) is 13.3. The van der Waals surface area contributed by atoms with Gasteiger partial charge in [0.2, 0.25) is 5.89 Å². The number of aromatic nitrogens is 2. The highest BCUT2D eigenvalue weighted by molar-refractivity contribution is 5.07. The fourth-order valence-electron chi connectivity index (χ4n) is 3.65. The molecule has 2 aliphatic rings. The van der Waals surface area contributed by atoms with Crippen molar-refractivity contribution in [1.29, 1.82) is 0 Å². The Morgan fingerprint density at radius 3 is 2.53 bits per heavy atom. The van der Waals surface area contributed by atoms with E-state index in [4.69, 9.17) is 10.3 Å². The van der Waals surface area contributed by atoms with Gasteiger partial charge in [0.15, 0.2) is 5.82 Å². The number of rotatable bonds is 3. The van der Waals surface area contributed by atoms with E-state index < -0.39 is 0 Å². The van der Waals surface area contributed by atoms with E-state index in [2.05, 4.69) is 17.1 Å². The molecule has 0 aliphatic heterocycles. The van der Waals surface area contributed by atoms with Gasteiger partial charge in [0, 0.05) is 5.92 Å². The van der Waals surface area contributed by atoms with Crippen LogP contribution in [-0.2, 0) is 5.54 Å². The first-order valence-electron chi connectivity index (χ1n) is 7.84. The Kier molecular flexibility index (Phi) is 3.61. The molecule has 1 aromatic rings. The number of hydrogen-bond donors (Lipinski definition) is 1. The van der Waals surface area contributed by atoms with E-state index in [1.165, 1.54) is 44.9 Å². The quantitative estimate of drug-likeness (QED) is 0.906. The van der Waals surface area contributed by atoms with Crippen molar-refractivity contribution in [2.75, 3.05) is 0 Å². The molecule has 0 amide bonds. The molecule has 2 saturated carbocycles. The van der Waals surface area contributed by atoms with Gasteiger partial charge in [-0.25, -0.2) is 0 Å². The van der Waals surface area contributed by atoms with Crippen LogP contribution in [0.5, 0.6) is 0 Å². The summed E-state index contributed by atoms with van der Waals surface area (Å²) < 4.78 is 5.47. The Balaban J connectivity index is 1.68. The van der Waals surface area contributed by atoms with Crippen LogP contribution in [-0.4, -0.2) is 10.1 Å². The molecule has 3 rings (SSSR count). The van der Waals surface area contributed by atoms with Gasteiger partial charge in [0.05, 0.1) is 5.54 Å². The third-order valence-corrected chi connectivity index (χ3v) is 5.15. The average Bonchev–Trinajstić information content (AvgIpc) is 3.08. The van der Waals surface area contributed by atoms with Crippen molar-refractivity contribution in [2.45, 2.75) is 76.2 Å². The monoisotopic (exact) mass is 263 g/mol. The average molecular weight is 263 g/mol. The maximum absolute atomic E-state index is 6.37. The zero-order valence-corrected chi connectivity index (χ0v) is 11.9. The summed E-state index contributed by atoms with van der Waals surface area (Å²) in [6.45, 7) is 2.29. The standard InChI is InChI=1S/C15H25N3O/c1-2-11-5-7-12(8-6-11)13-17-14(19-18-13)15(16)9-3-4-10-15/h11-12H,2-10,16H2,1H3. The Labute approximate surface area is 115 Å². The Morgan fingerprint density at radius 1 is 1.21 bits per heavy atom. The van der Waals surface area contributed by atoms with Crippen molar-refractivity contribution in [3.05, 3.63) is 11.7 Å². The van der Waals surface area contributed by atoms with Crippen molar-refractivity contribution in [3.63, 3.8) is 0 Å². The van der Waals surface area contributed by atoms with Crippen LogP contribution in [0.2, 0.25) is 0 Å². The summed E-state index contributed by atoms with van der Waals surface area (Å²) in [6.07, 6.45) is 10.6. The summed E-state index contributed by atoms with van der Waals surface area (Å²) in [5, 5.41) is 4.21. The van der Waals surface area contributed by atoms with Crippen LogP contribution in [0.25, 0.3) is 0 Å². The maximum Gasteiger partial charge on any atom is 0.246 e. The second-order valence-corrected chi connectivity index (χ2v) is 6.45. The Morgan fingerprint density at radius 2 is 1.89 bits per heavy atom. The normalized spacial score (nSPS) is 30.6. The highest BCUT2D eigenvalue weighted by atomic mass is 16.5. The summed E-state index contributed by atoms with van der Waals surface area (Å²) in [4.78, 5) is 4.64. The molecular weight excluding hydrogens is 238 g/mol. The van der Waals surface area contributed by atoms with Gasteiger partial charge in [-0.1, -0.05) is 31.3 Å². The summed E-state index contributed by atoms with van der Waals surface area (Å²) in [5.74, 6) is 2.97. The first kappa shape index (κ1) is 13.1. The van der Waals surface area contributed by atoms with Crippen molar-refractivity contribution < 1.29 is 4.52 Å². The van der Waals surface area contributed by atoms with Crippen molar-refractivity contribution in [2.24, 2.45) is 11.7 Å². The highest BCUT2D eigenvalue weighted by Gasteiger charge is 2.37. The Hall–Kier alpha value is -0.900. The van der Waals surface area contributed by atoms with Gasteiger partial charge >= 0.3 is 0 Å². The molecule has 1 heterocycles. The molecule has 2 fully saturated rings. The topological polar surface area (TPSA) is 64.9 Å². The van der Waals surface area contributed by atoms with Crippen LogP contribution in [0.4, 0.5) is 0 Å². The smallest absolute Gasteiger partial charge is 0.246 e. The summed E-state index contributed by atoms with van der Waals surface area (Å²) >= 11 is 0. The lowest BCUT2D eigenvalue weighted by molar-refractivity contribution is 0.277. The van der Waals surface area contributed by atoms with Gasteiger partial charge in [-0.2, -0.15) is 4.98 Å². The first-order valence-corrected chi connectivity index (χ1v) is 7.84. The minimum atomic E-state index is -0.341. The number of nitrogens with zero attached hydrogens (tertiary/aromatic N) is 2. The van der Waals surface area contributed by atoms with Gasteiger partial charge in [-0.05, 0) is 44.4 Å². The number of hydrogen-bond acceptors (Lipinski definition) is 4. The van der Waals surface area contributed by atoms with E-state index in [1.807, 2.05) is 0 Å². The highest BCUT2D eigenvalue weighted by Crippen LogP contribution is 2.38. The third kappa shape index (κ3) is 2.55. The zero-order valence-electron chi connectivity index (χ0n) is 11.9. The molecule has 4 heteroatoms. The molecular formula is C15H25N3O. The van der Waals surface area contributed by atoms with Crippen molar-refractivity contribution in [3.8, 4) is 0 Å². The third-order valence-electron chi connectivity index (χ3n) is 5.15. The van der Waals surface area contributed by atoms with Gasteiger partial charge < -0.3 is 10.3 Å². The van der Waals surface area contributed by atoms with E-state index in [-0.39, 0.29) is 5.54 Å². The minimum absolute atomic E-state index is 0.341. The molecule has 0 unspecified atom stereocenters. The van der Waals surface area contributed by atoms with E-state index in [0.29, 0.717) is 11.8 Å². The lowest BCUT2D eigenvalue weighted by atomic mass is 9.80. The molecule has 1 aromatic heterocycles. The Bertz CT molecular complexity index is 415. The van der Waals surface area contributed by atoms with E-state index in [9.17, 15) is 0 Å². The first-order chi connectivity index (χ1) is 9.21. The molecule has 19 heavy (non-hydrogen) atoms. The molecule has 0 bridgehead atoms. The van der Waals surface area contributed by atoms with Crippen molar-refractivity contribution >= 4 is 0 Å². The fraction of sp³-hybridized carbons (Fsp3) is 0.867. The molecule has 4 nitrogen and oxygen atoms in total. The second kappa shape index (κ2) is 5.23. The summed E-state index contributed by atoms with van der Waals surface area (Å²) in [6, 6.07) is 0. The molecule has 0 radical (unpaired) electrons. The predicted molar refractivity (Wildman–Crippen MR) is 73.6 cm³/mol. The molecule has 106 valence electrons. The van der Waals surface area contributed by atoms with Crippen molar-refractivity contribution in [1.82, 2.24) is 10.1 Å². The van der Waals surface area contributed by atoms with Crippen LogP contribution in [0, 0.1) is 5.92 Å². The van der Waals surface area contributed by atoms with Gasteiger partial charge in [-0.15, -0.1) is 0 Å². The molecule has 0 atom stereocenters. The molecule has 0 spiro atoms. The molecule has 0 saturated heterocycles. The fourth-order valence-corrected chi connectivity index (χ4v) is 3.65. The molecule has 2 aliphatic carbocycles. The predicted octanol–water partition coefficient (Wildman–Crippen LogP) is 3.48. The summed E-state index contributed by atoms with van der Waals surface area (Å²) in [5.41, 5.74) is 6.03. The van der Waals surface area contributed by atoms with Gasteiger partial charge in [-0.3, -0.25) is 0 Å². The minimum Gasteiger partial charge on any atom is -0.337 e. The van der Waals surface area contributed by atoms with Gasteiger partial charge in [0.1, 0.15) is 0 Å². The van der Waals surface area contributed by atoms with Crippen LogP contribution >= 0.6 is 0 Å². The lowest BCUT2D eigenvalue weighted by Gasteiger charge is -2.25. The maximum atomic E-state index is 6.37. The largest absolute Gasteiger partial charge is 0.337 e.